The highest BCUT2D eigenvalue weighted by Crippen LogP contribution is 2.34. The van der Waals surface area contributed by atoms with E-state index < -0.39 is 10.0 Å². The predicted octanol–water partition coefficient (Wildman–Crippen LogP) is 4.09. The fraction of sp³-hybridized carbons (Fsp3) is 0.227. The molecular weight excluding hydrogens is 388 g/mol. The molecule has 1 heterocycles. The van der Waals surface area contributed by atoms with Gasteiger partial charge in [-0.25, -0.2) is 8.42 Å². The van der Waals surface area contributed by atoms with Crippen LogP contribution >= 0.6 is 0 Å². The lowest BCUT2D eigenvalue weighted by Gasteiger charge is -2.16. The first-order chi connectivity index (χ1) is 13.7. The predicted molar refractivity (Wildman–Crippen MR) is 114 cm³/mol. The number of carbonyl (C=O) groups excluding carboxylic acids is 1. The smallest absolute Gasteiger partial charge is 0.229 e. The molecule has 6 nitrogen and oxygen atoms in total. The molecule has 0 radical (unpaired) electrons. The number of aryl methyl sites for hydroxylation is 1. The second kappa shape index (κ2) is 8.13. The molecule has 0 spiro atoms. The highest BCUT2D eigenvalue weighted by Gasteiger charge is 2.20. The molecule has 7 heteroatoms. The van der Waals surface area contributed by atoms with Crippen molar-refractivity contribution >= 4 is 21.5 Å². The third-order valence-corrected chi connectivity index (χ3v) is 5.37. The van der Waals surface area contributed by atoms with Crippen LogP contribution in [0.1, 0.15) is 45.7 Å². The molecule has 0 saturated heterocycles. The lowest BCUT2D eigenvalue weighted by molar-refractivity contribution is 0.103. The summed E-state index contributed by atoms with van der Waals surface area (Å²) in [5, 5.41) is 0. The average molecular weight is 413 g/mol. The van der Waals surface area contributed by atoms with Gasteiger partial charge in [-0.3, -0.25) is 9.52 Å². The number of aromatic amines is 1. The first kappa shape index (κ1) is 20.7. The Morgan fingerprint density at radius 2 is 1.79 bits per heavy atom. The lowest BCUT2D eigenvalue weighted by atomic mass is 9.96. The summed E-state index contributed by atoms with van der Waals surface area (Å²) in [4.78, 5) is 16.1. The van der Waals surface area contributed by atoms with E-state index in [2.05, 4.69) is 9.71 Å². The second-order valence-corrected chi connectivity index (χ2v) is 8.78. The molecule has 1 unspecified atom stereocenters. The minimum Gasteiger partial charge on any atom is -0.496 e. The van der Waals surface area contributed by atoms with Gasteiger partial charge in [-0.2, -0.15) is 0 Å². The molecule has 29 heavy (non-hydrogen) atoms. The first-order valence-corrected chi connectivity index (χ1v) is 11.0. The van der Waals surface area contributed by atoms with Gasteiger partial charge in [-0.05, 0) is 24.6 Å². The van der Waals surface area contributed by atoms with Gasteiger partial charge in [0.2, 0.25) is 15.8 Å². The van der Waals surface area contributed by atoms with E-state index in [4.69, 9.17) is 4.74 Å². The summed E-state index contributed by atoms with van der Waals surface area (Å²) >= 11 is 0. The molecule has 3 rings (SSSR count). The summed E-state index contributed by atoms with van der Waals surface area (Å²) in [7, 11) is -1.83. The van der Waals surface area contributed by atoms with Gasteiger partial charge in [0, 0.05) is 28.8 Å². The minimum atomic E-state index is -3.37. The van der Waals surface area contributed by atoms with Crippen molar-refractivity contribution in [2.75, 3.05) is 18.1 Å². The molecule has 1 atom stereocenters. The van der Waals surface area contributed by atoms with Crippen LogP contribution in [-0.4, -0.2) is 32.6 Å². The molecule has 0 aliphatic heterocycles. The van der Waals surface area contributed by atoms with Crippen LogP contribution in [-0.2, 0) is 10.0 Å². The lowest BCUT2D eigenvalue weighted by Crippen LogP contribution is -2.10. The third kappa shape index (κ3) is 4.68. The maximum absolute atomic E-state index is 12.8. The van der Waals surface area contributed by atoms with Gasteiger partial charge >= 0.3 is 0 Å². The van der Waals surface area contributed by atoms with Crippen molar-refractivity contribution in [3.8, 4) is 5.75 Å². The number of H-pyrrole nitrogens is 1. The number of carbonyl (C=O) groups is 1. The van der Waals surface area contributed by atoms with Gasteiger partial charge in [-0.15, -0.1) is 0 Å². The molecule has 0 fully saturated rings. The molecule has 0 amide bonds. The van der Waals surface area contributed by atoms with E-state index >= 15 is 0 Å². The van der Waals surface area contributed by atoms with Gasteiger partial charge in [0.15, 0.2) is 0 Å². The van der Waals surface area contributed by atoms with E-state index in [1.807, 2.05) is 44.2 Å². The normalized spacial score (nSPS) is 12.4. The number of aromatic nitrogens is 1. The summed E-state index contributed by atoms with van der Waals surface area (Å²) in [6.45, 7) is 3.91. The Kier molecular flexibility index (Phi) is 5.79. The summed E-state index contributed by atoms with van der Waals surface area (Å²) in [5.74, 6) is 0.420. The number of ketones is 1. The first-order valence-electron chi connectivity index (χ1n) is 9.14. The highest BCUT2D eigenvalue weighted by atomic mass is 32.2. The van der Waals surface area contributed by atoms with E-state index in [0.29, 0.717) is 22.7 Å². The monoisotopic (exact) mass is 412 g/mol. The van der Waals surface area contributed by atoms with Crippen LogP contribution in [0.15, 0.2) is 54.6 Å². The number of anilines is 1. The van der Waals surface area contributed by atoms with Crippen molar-refractivity contribution in [2.24, 2.45) is 0 Å². The Labute approximate surface area is 171 Å². The number of hydrogen-bond donors (Lipinski definition) is 2. The highest BCUT2D eigenvalue weighted by molar-refractivity contribution is 7.92. The van der Waals surface area contributed by atoms with Crippen molar-refractivity contribution in [1.82, 2.24) is 4.98 Å². The van der Waals surface area contributed by atoms with Crippen LogP contribution in [0.3, 0.4) is 0 Å². The number of hydrogen-bond acceptors (Lipinski definition) is 4. The van der Waals surface area contributed by atoms with Crippen LogP contribution in [0.4, 0.5) is 5.69 Å². The fourth-order valence-electron chi connectivity index (χ4n) is 3.30. The largest absolute Gasteiger partial charge is 0.496 e. The number of ether oxygens (including phenoxy) is 1. The quantitative estimate of drug-likeness (QED) is 0.572. The number of nitrogens with one attached hydrogen (secondary N) is 2. The second-order valence-electron chi connectivity index (χ2n) is 7.03. The van der Waals surface area contributed by atoms with E-state index in [9.17, 15) is 13.2 Å². The summed E-state index contributed by atoms with van der Waals surface area (Å²) < 4.78 is 30.9. The minimum absolute atomic E-state index is 0.0544. The Morgan fingerprint density at radius 3 is 2.41 bits per heavy atom. The Bertz CT molecular complexity index is 1130. The van der Waals surface area contributed by atoms with E-state index in [-0.39, 0.29) is 11.7 Å². The standard InChI is InChI=1S/C22H24N2O4S/c1-14-12-19(23-21(14)22(25)16-8-6-5-7-9-16)15(2)18-11-10-17(13-20(18)28-3)24-29(4,26)27/h5-13,15,23-24H,1-4H3. The Balaban J connectivity index is 1.93. The Hall–Kier alpha value is -3.06. The molecule has 3 aromatic rings. The zero-order valence-corrected chi connectivity index (χ0v) is 17.6. The molecule has 2 aromatic carbocycles. The van der Waals surface area contributed by atoms with Crippen molar-refractivity contribution in [3.63, 3.8) is 0 Å². The van der Waals surface area contributed by atoms with Crippen LogP contribution < -0.4 is 9.46 Å². The van der Waals surface area contributed by atoms with Gasteiger partial charge in [0.25, 0.3) is 0 Å². The molecule has 0 bridgehead atoms. The van der Waals surface area contributed by atoms with Crippen LogP contribution in [0.25, 0.3) is 0 Å². The van der Waals surface area contributed by atoms with Crippen LogP contribution in [0.5, 0.6) is 5.75 Å². The Morgan fingerprint density at radius 1 is 1.10 bits per heavy atom. The van der Waals surface area contributed by atoms with E-state index in [1.54, 1.807) is 31.4 Å². The van der Waals surface area contributed by atoms with E-state index in [1.165, 1.54) is 0 Å². The molecule has 0 saturated carbocycles. The molecule has 0 aliphatic carbocycles. The molecule has 1 aromatic heterocycles. The summed E-state index contributed by atoms with van der Waals surface area (Å²) in [6.07, 6.45) is 1.10. The molecule has 152 valence electrons. The van der Waals surface area contributed by atoms with Crippen molar-refractivity contribution in [3.05, 3.63) is 82.7 Å². The van der Waals surface area contributed by atoms with Crippen molar-refractivity contribution in [1.29, 1.82) is 0 Å². The number of methoxy groups -OCH3 is 1. The van der Waals surface area contributed by atoms with Gasteiger partial charge < -0.3 is 9.72 Å². The molecule has 2 N–H and O–H groups in total. The maximum Gasteiger partial charge on any atom is 0.229 e. The average Bonchev–Trinajstić information content (AvgIpc) is 3.08. The number of rotatable bonds is 7. The van der Waals surface area contributed by atoms with E-state index in [0.717, 1.165) is 23.1 Å². The number of sulfonamides is 1. The van der Waals surface area contributed by atoms with Crippen LogP contribution in [0, 0.1) is 6.92 Å². The SMILES string of the molecule is COc1cc(NS(C)(=O)=O)ccc1C(C)c1cc(C)c(C(=O)c2ccccc2)[nH]1. The van der Waals surface area contributed by atoms with Crippen molar-refractivity contribution in [2.45, 2.75) is 19.8 Å². The third-order valence-electron chi connectivity index (χ3n) is 4.77. The van der Waals surface area contributed by atoms with Gasteiger partial charge in [0.05, 0.1) is 24.7 Å². The van der Waals surface area contributed by atoms with Gasteiger partial charge in [-0.1, -0.05) is 43.3 Å². The zero-order chi connectivity index (χ0) is 21.2. The zero-order valence-electron chi connectivity index (χ0n) is 16.8. The molecule has 0 aliphatic rings. The maximum atomic E-state index is 12.8. The van der Waals surface area contributed by atoms with Gasteiger partial charge in [0.1, 0.15) is 5.75 Å². The number of benzene rings is 2. The topological polar surface area (TPSA) is 88.3 Å². The summed E-state index contributed by atoms with van der Waals surface area (Å²) in [5.41, 5.74) is 4.26. The summed E-state index contributed by atoms with van der Waals surface area (Å²) in [6, 6.07) is 16.3. The molecular formula is C22H24N2O4S. The van der Waals surface area contributed by atoms with Crippen molar-refractivity contribution < 1.29 is 17.9 Å². The fourth-order valence-corrected chi connectivity index (χ4v) is 3.86. The van der Waals surface area contributed by atoms with Crippen LogP contribution in [0.2, 0.25) is 0 Å².